The van der Waals surface area contributed by atoms with Crippen molar-refractivity contribution < 1.29 is 28.5 Å². The number of carbonyl (C=O) groups is 1. The van der Waals surface area contributed by atoms with Crippen molar-refractivity contribution in [2.24, 2.45) is 0 Å². The third-order valence-electron chi connectivity index (χ3n) is 5.27. The summed E-state index contributed by atoms with van der Waals surface area (Å²) in [6.45, 7) is 3.40. The number of amides is 1. The summed E-state index contributed by atoms with van der Waals surface area (Å²) >= 11 is 6.43. The van der Waals surface area contributed by atoms with Crippen LogP contribution in [0.2, 0.25) is 5.02 Å². The molecule has 0 radical (unpaired) electrons. The number of carbonyl (C=O) groups excluding carboxylic acids is 1. The second-order valence-electron chi connectivity index (χ2n) is 8.01. The van der Waals surface area contributed by atoms with Crippen LogP contribution in [0.5, 0.6) is 23.0 Å². The Balaban J connectivity index is 1.54. The number of anilines is 1. The molecule has 0 fully saturated rings. The normalized spacial score (nSPS) is 10.9. The number of halogens is 1. The van der Waals surface area contributed by atoms with Crippen molar-refractivity contribution in [2.45, 2.75) is 6.92 Å². The first-order chi connectivity index (χ1) is 18.4. The van der Waals surface area contributed by atoms with E-state index in [2.05, 4.69) is 5.32 Å². The van der Waals surface area contributed by atoms with E-state index in [1.54, 1.807) is 43.5 Å². The molecule has 8 nitrogen and oxygen atoms in total. The Bertz CT molecular complexity index is 1280. The van der Waals surface area contributed by atoms with Gasteiger partial charge in [-0.1, -0.05) is 29.3 Å². The molecule has 1 amide bonds. The van der Waals surface area contributed by atoms with Gasteiger partial charge in [0.2, 0.25) is 0 Å². The van der Waals surface area contributed by atoms with Crippen LogP contribution in [0.15, 0.2) is 66.2 Å². The maximum atomic E-state index is 12.6. The fourth-order valence-corrected chi connectivity index (χ4v) is 3.58. The van der Waals surface area contributed by atoms with Crippen molar-refractivity contribution in [3.8, 4) is 29.1 Å². The van der Waals surface area contributed by atoms with E-state index in [-0.39, 0.29) is 17.2 Å². The summed E-state index contributed by atoms with van der Waals surface area (Å²) in [5.74, 6) is 1.59. The van der Waals surface area contributed by atoms with Gasteiger partial charge < -0.3 is 29.0 Å². The summed E-state index contributed by atoms with van der Waals surface area (Å²) in [5.41, 5.74) is 2.10. The summed E-state index contributed by atoms with van der Waals surface area (Å²) in [6.07, 6.45) is 1.42. The van der Waals surface area contributed by atoms with Gasteiger partial charge >= 0.3 is 0 Å². The van der Waals surface area contributed by atoms with E-state index in [1.807, 2.05) is 37.3 Å². The number of nitrogens with zero attached hydrogens (tertiary/aromatic N) is 1. The number of methoxy groups -OCH3 is 2. The molecule has 0 aromatic heterocycles. The molecule has 3 aromatic carbocycles. The van der Waals surface area contributed by atoms with Crippen LogP contribution < -0.4 is 24.3 Å². The molecule has 198 valence electrons. The molecule has 0 spiro atoms. The highest BCUT2D eigenvalue weighted by atomic mass is 35.5. The van der Waals surface area contributed by atoms with Crippen LogP contribution in [0, 0.1) is 18.3 Å². The molecule has 0 saturated heterocycles. The SMILES string of the molecule is COc1ccc(NC(=O)/C(C#N)=C/c2cc(Cl)c(OCCOCCOc3ccc(C)cc3)c(OC)c2)cc1. The number of hydrogen-bond donors (Lipinski definition) is 1. The minimum Gasteiger partial charge on any atom is -0.497 e. The van der Waals surface area contributed by atoms with E-state index in [4.69, 9.17) is 35.3 Å². The Morgan fingerprint density at radius 3 is 2.21 bits per heavy atom. The lowest BCUT2D eigenvalue weighted by atomic mass is 10.1. The molecule has 0 saturated carbocycles. The molecule has 0 bridgehead atoms. The summed E-state index contributed by atoms with van der Waals surface area (Å²) in [7, 11) is 3.03. The predicted molar refractivity (Wildman–Crippen MR) is 146 cm³/mol. The second-order valence-corrected chi connectivity index (χ2v) is 8.42. The second kappa shape index (κ2) is 14.5. The molecule has 9 heteroatoms. The fraction of sp³-hybridized carbons (Fsp3) is 0.241. The molecule has 0 aliphatic heterocycles. The van der Waals surface area contributed by atoms with Crippen molar-refractivity contribution in [3.05, 3.63) is 82.4 Å². The summed E-state index contributed by atoms with van der Waals surface area (Å²) in [6, 6.07) is 19.7. The van der Waals surface area contributed by atoms with Crippen LogP contribution in [-0.2, 0) is 9.53 Å². The molecular weight excluding hydrogens is 508 g/mol. The van der Waals surface area contributed by atoms with E-state index in [9.17, 15) is 10.1 Å². The van der Waals surface area contributed by atoms with Crippen LogP contribution in [-0.4, -0.2) is 46.6 Å². The summed E-state index contributed by atoms with van der Waals surface area (Å²) < 4.78 is 27.5. The Labute approximate surface area is 227 Å². The number of rotatable bonds is 13. The van der Waals surface area contributed by atoms with Crippen molar-refractivity contribution in [1.82, 2.24) is 0 Å². The quantitative estimate of drug-likeness (QED) is 0.170. The first-order valence-electron chi connectivity index (χ1n) is 11.8. The van der Waals surface area contributed by atoms with Gasteiger partial charge in [0.25, 0.3) is 5.91 Å². The molecule has 1 N–H and O–H groups in total. The minimum atomic E-state index is -0.559. The zero-order chi connectivity index (χ0) is 27.3. The Morgan fingerprint density at radius 2 is 1.58 bits per heavy atom. The van der Waals surface area contributed by atoms with Gasteiger partial charge in [-0.2, -0.15) is 5.26 Å². The molecule has 0 aliphatic carbocycles. The van der Waals surface area contributed by atoms with Crippen molar-refractivity contribution in [3.63, 3.8) is 0 Å². The lowest BCUT2D eigenvalue weighted by molar-refractivity contribution is -0.112. The highest BCUT2D eigenvalue weighted by Crippen LogP contribution is 2.37. The van der Waals surface area contributed by atoms with Gasteiger partial charge in [-0.3, -0.25) is 4.79 Å². The fourth-order valence-electron chi connectivity index (χ4n) is 3.31. The van der Waals surface area contributed by atoms with Gasteiger partial charge in [0.15, 0.2) is 11.5 Å². The van der Waals surface area contributed by atoms with E-state index in [0.717, 1.165) is 5.75 Å². The minimum absolute atomic E-state index is 0.103. The van der Waals surface area contributed by atoms with Gasteiger partial charge in [0.05, 0.1) is 32.5 Å². The van der Waals surface area contributed by atoms with Gasteiger partial charge in [-0.15, -0.1) is 0 Å². The number of ether oxygens (including phenoxy) is 5. The number of benzene rings is 3. The largest absolute Gasteiger partial charge is 0.497 e. The van der Waals surface area contributed by atoms with Crippen LogP contribution in [0.3, 0.4) is 0 Å². The molecule has 0 atom stereocenters. The molecule has 3 rings (SSSR count). The van der Waals surface area contributed by atoms with Gasteiger partial charge in [0.1, 0.15) is 36.4 Å². The number of nitriles is 1. The van der Waals surface area contributed by atoms with E-state index in [1.165, 1.54) is 18.7 Å². The van der Waals surface area contributed by atoms with E-state index in [0.29, 0.717) is 48.3 Å². The molecule has 3 aromatic rings. The number of aryl methyl sites for hydroxylation is 1. The average molecular weight is 537 g/mol. The Kier molecular flexibility index (Phi) is 10.8. The molecule has 0 heterocycles. The van der Waals surface area contributed by atoms with Gasteiger partial charge in [-0.25, -0.2) is 0 Å². The summed E-state index contributed by atoms with van der Waals surface area (Å²) in [5, 5.41) is 12.5. The Hall–Kier alpha value is -4.19. The first-order valence-corrected chi connectivity index (χ1v) is 12.2. The molecular formula is C29H29ClN2O6. The standard InChI is InChI=1S/C29H29ClN2O6/c1-20-4-8-25(9-5-20)37-14-12-36-13-15-38-28-26(30)17-21(18-27(28)35-3)16-22(19-31)29(33)32-23-6-10-24(34-2)11-7-23/h4-11,16-18H,12-15H2,1-3H3,(H,32,33)/b22-16+. The first kappa shape index (κ1) is 28.4. The smallest absolute Gasteiger partial charge is 0.266 e. The van der Waals surface area contributed by atoms with Crippen molar-refractivity contribution in [2.75, 3.05) is 46.0 Å². The Morgan fingerprint density at radius 1 is 0.921 bits per heavy atom. The van der Waals surface area contributed by atoms with Crippen LogP contribution in [0.4, 0.5) is 5.69 Å². The van der Waals surface area contributed by atoms with Gasteiger partial charge in [0, 0.05) is 5.69 Å². The number of nitrogens with one attached hydrogen (secondary N) is 1. The highest BCUT2D eigenvalue weighted by molar-refractivity contribution is 6.32. The summed E-state index contributed by atoms with van der Waals surface area (Å²) in [4.78, 5) is 12.6. The molecule has 0 unspecified atom stereocenters. The number of hydrogen-bond acceptors (Lipinski definition) is 7. The average Bonchev–Trinajstić information content (AvgIpc) is 2.93. The van der Waals surface area contributed by atoms with Crippen LogP contribution in [0.1, 0.15) is 11.1 Å². The lowest BCUT2D eigenvalue weighted by Crippen LogP contribution is -2.13. The zero-order valence-electron chi connectivity index (χ0n) is 21.5. The van der Waals surface area contributed by atoms with Crippen LogP contribution in [0.25, 0.3) is 6.08 Å². The monoisotopic (exact) mass is 536 g/mol. The van der Waals surface area contributed by atoms with Crippen molar-refractivity contribution in [1.29, 1.82) is 5.26 Å². The lowest BCUT2D eigenvalue weighted by Gasteiger charge is -2.14. The molecule has 38 heavy (non-hydrogen) atoms. The predicted octanol–water partition coefficient (Wildman–Crippen LogP) is 5.69. The maximum absolute atomic E-state index is 12.6. The van der Waals surface area contributed by atoms with E-state index < -0.39 is 5.91 Å². The van der Waals surface area contributed by atoms with Gasteiger partial charge in [-0.05, 0) is 67.1 Å². The zero-order valence-corrected chi connectivity index (χ0v) is 22.2. The topological polar surface area (TPSA) is 99.0 Å². The maximum Gasteiger partial charge on any atom is 0.266 e. The van der Waals surface area contributed by atoms with Crippen molar-refractivity contribution >= 4 is 29.3 Å². The third-order valence-corrected chi connectivity index (χ3v) is 5.55. The third kappa shape index (κ3) is 8.44. The van der Waals surface area contributed by atoms with E-state index >= 15 is 0 Å². The molecule has 0 aliphatic rings. The van der Waals surface area contributed by atoms with Crippen LogP contribution >= 0.6 is 11.6 Å². The highest BCUT2D eigenvalue weighted by Gasteiger charge is 2.14.